The maximum absolute atomic E-state index is 13.3. The highest BCUT2D eigenvalue weighted by atomic mass is 32.2. The Morgan fingerprint density at radius 1 is 1.27 bits per heavy atom. The number of nitrogens with zero attached hydrogens (tertiary/aromatic N) is 5. The van der Waals surface area contributed by atoms with E-state index in [1.54, 1.807) is 6.07 Å². The van der Waals surface area contributed by atoms with Crippen LogP contribution in [-0.4, -0.2) is 83.1 Å². The van der Waals surface area contributed by atoms with E-state index in [9.17, 15) is 29.4 Å². The van der Waals surface area contributed by atoms with Gasteiger partial charge >= 0.3 is 17.1 Å². The standard InChI is InChI=1S/C25H31N9O7S3/c1-4-5-6-33-14(27)7-13(26)30-24(33)44-9-11-8-42-20-16(19(36)34(20)17(11)21(37)38)31-18(35)15(12-10-43-23(28)29-12)32-41-25(2,3)22(39)40/h7,10,16,20H,4-6,8-9H2,1-3H3,(H8,26,27,28,29,31,35,37,38,39,40)/p+1/b32-15-/t16?,20-/m1/s1. The number of carboxylic acids is 2. The van der Waals surface area contributed by atoms with Gasteiger partial charge in [0.15, 0.2) is 10.8 Å². The van der Waals surface area contributed by atoms with Crippen molar-refractivity contribution in [3.05, 3.63) is 28.4 Å². The zero-order valence-corrected chi connectivity index (χ0v) is 26.4. The van der Waals surface area contributed by atoms with Crippen molar-refractivity contribution in [3.8, 4) is 0 Å². The summed E-state index contributed by atoms with van der Waals surface area (Å²) < 4.78 is 1.82. The molecular weight excluding hydrogens is 635 g/mol. The Morgan fingerprint density at radius 3 is 2.61 bits per heavy atom. The number of carbonyl (C=O) groups is 4. The number of fused-ring (bicyclic) bond motifs is 1. The SMILES string of the molecule is CCCC[n+]1c(N)cc(N)nc1SCC1=C(C(=O)O)N2C(=O)C(NC(=O)/C(=N\OC(C)(C)C(=O)O)c3csc(N)n3)[C@H]2SC1. The number of β-lactam (4-membered cyclic amide) rings is 1. The lowest BCUT2D eigenvalue weighted by atomic mass is 10.0. The molecule has 0 spiro atoms. The summed E-state index contributed by atoms with van der Waals surface area (Å²) in [4.78, 5) is 65.0. The summed E-state index contributed by atoms with van der Waals surface area (Å²) in [5, 5.41) is 27.1. The van der Waals surface area contributed by atoms with Crippen LogP contribution in [0.3, 0.4) is 0 Å². The molecule has 2 aromatic heterocycles. The number of aliphatic carboxylic acids is 2. The van der Waals surface area contributed by atoms with Crippen molar-refractivity contribution >= 4 is 81.1 Å². The lowest BCUT2D eigenvalue weighted by Gasteiger charge is -2.49. The first-order chi connectivity index (χ1) is 20.7. The molecule has 1 unspecified atom stereocenters. The molecule has 1 fully saturated rings. The molecule has 0 bridgehead atoms. The molecule has 0 saturated carbocycles. The van der Waals surface area contributed by atoms with Crippen molar-refractivity contribution in [3.63, 3.8) is 0 Å². The number of anilines is 3. The van der Waals surface area contributed by atoms with E-state index in [0.717, 1.165) is 29.1 Å². The molecule has 236 valence electrons. The van der Waals surface area contributed by atoms with E-state index < -0.39 is 46.5 Å². The van der Waals surface area contributed by atoms with Crippen LogP contribution in [0.5, 0.6) is 0 Å². The predicted octanol–water partition coefficient (Wildman–Crippen LogP) is 0.487. The lowest BCUT2D eigenvalue weighted by molar-refractivity contribution is -0.723. The number of carboxylic acid groups (broad SMARTS) is 2. The Labute approximate surface area is 264 Å². The van der Waals surface area contributed by atoms with Crippen molar-refractivity contribution < 1.29 is 38.8 Å². The van der Waals surface area contributed by atoms with E-state index in [1.807, 2.05) is 11.5 Å². The molecule has 2 aromatic rings. The first-order valence-electron chi connectivity index (χ1n) is 13.3. The van der Waals surface area contributed by atoms with Crippen LogP contribution in [0, 0.1) is 0 Å². The largest absolute Gasteiger partial charge is 0.478 e. The number of nitrogen functional groups attached to an aromatic ring is 3. The Balaban J connectivity index is 1.53. The smallest absolute Gasteiger partial charge is 0.352 e. The first-order valence-corrected chi connectivity index (χ1v) is 16.2. The second-order valence-electron chi connectivity index (χ2n) is 10.2. The van der Waals surface area contributed by atoms with Gasteiger partial charge in [-0.2, -0.15) is 0 Å². The third kappa shape index (κ3) is 6.83. The molecule has 4 rings (SSSR count). The lowest BCUT2D eigenvalue weighted by Crippen LogP contribution is -2.71. The molecule has 2 aliphatic heterocycles. The number of hydrogen-bond acceptors (Lipinski definition) is 14. The van der Waals surface area contributed by atoms with Crippen molar-refractivity contribution in [2.75, 3.05) is 28.7 Å². The van der Waals surface area contributed by atoms with E-state index in [-0.39, 0.29) is 33.8 Å². The van der Waals surface area contributed by atoms with E-state index in [1.165, 1.54) is 42.8 Å². The number of hydrogen-bond donors (Lipinski definition) is 6. The van der Waals surface area contributed by atoms with Crippen molar-refractivity contribution in [2.24, 2.45) is 5.16 Å². The number of nitrogens with one attached hydrogen (secondary N) is 1. The van der Waals surface area contributed by atoms with Crippen LogP contribution in [0.15, 0.2) is 33.0 Å². The number of thioether (sulfide) groups is 2. The topological polar surface area (TPSA) is 253 Å². The number of amides is 2. The van der Waals surface area contributed by atoms with Gasteiger partial charge in [0.05, 0.1) is 12.6 Å². The highest BCUT2D eigenvalue weighted by Gasteiger charge is 2.54. The summed E-state index contributed by atoms with van der Waals surface area (Å²) in [7, 11) is 0. The Morgan fingerprint density at radius 2 is 2.00 bits per heavy atom. The molecule has 0 aromatic carbocycles. The number of unbranched alkanes of at least 4 members (excludes halogenated alkanes) is 1. The van der Waals surface area contributed by atoms with Crippen LogP contribution in [0.4, 0.5) is 16.8 Å². The fourth-order valence-corrected chi connectivity index (χ4v) is 7.24. The van der Waals surface area contributed by atoms with Gasteiger partial charge in [0.25, 0.3) is 11.8 Å². The van der Waals surface area contributed by atoms with Crippen LogP contribution >= 0.6 is 34.9 Å². The molecule has 2 amide bonds. The molecule has 4 heterocycles. The van der Waals surface area contributed by atoms with E-state index in [0.29, 0.717) is 23.1 Å². The third-order valence-electron chi connectivity index (χ3n) is 6.57. The first kappa shape index (κ1) is 32.8. The molecule has 2 atom stereocenters. The van der Waals surface area contributed by atoms with Gasteiger partial charge in [-0.25, -0.2) is 19.1 Å². The highest BCUT2D eigenvalue weighted by Crippen LogP contribution is 2.41. The van der Waals surface area contributed by atoms with E-state index in [4.69, 9.17) is 22.0 Å². The van der Waals surface area contributed by atoms with E-state index >= 15 is 0 Å². The number of aromatic nitrogens is 3. The molecule has 0 radical (unpaired) electrons. The minimum atomic E-state index is -1.77. The highest BCUT2D eigenvalue weighted by molar-refractivity contribution is 8.01. The Kier molecular flexibility index (Phi) is 9.89. The second-order valence-corrected chi connectivity index (χ2v) is 13.2. The minimum Gasteiger partial charge on any atom is -0.478 e. The average molecular weight is 667 g/mol. The van der Waals surface area contributed by atoms with Gasteiger partial charge in [0, 0.05) is 16.9 Å². The summed E-state index contributed by atoms with van der Waals surface area (Å²) >= 11 is 3.58. The zero-order valence-electron chi connectivity index (χ0n) is 24.0. The normalized spacial score (nSPS) is 18.5. The number of oxime groups is 1. The molecular formula is C25H32N9O7S3+. The van der Waals surface area contributed by atoms with Crippen molar-refractivity contribution in [2.45, 2.75) is 62.3 Å². The predicted molar refractivity (Wildman–Crippen MR) is 164 cm³/mol. The van der Waals surface area contributed by atoms with E-state index in [2.05, 4.69) is 20.4 Å². The molecule has 44 heavy (non-hydrogen) atoms. The summed E-state index contributed by atoms with van der Waals surface area (Å²) in [5.74, 6) is -2.97. The zero-order chi connectivity index (χ0) is 32.3. The number of carbonyl (C=O) groups excluding carboxylic acids is 2. The average Bonchev–Trinajstić information content (AvgIpc) is 3.38. The van der Waals surface area contributed by atoms with Gasteiger partial charge in [-0.15, -0.1) is 23.1 Å². The van der Waals surface area contributed by atoms with Crippen LogP contribution in [0.2, 0.25) is 0 Å². The summed E-state index contributed by atoms with van der Waals surface area (Å²) in [5.41, 5.74) is 16.0. The van der Waals surface area contributed by atoms with Crippen molar-refractivity contribution in [1.82, 2.24) is 20.2 Å². The quantitative estimate of drug-likeness (QED) is 0.0425. The maximum atomic E-state index is 13.3. The van der Waals surface area contributed by atoms with Gasteiger partial charge in [-0.1, -0.05) is 23.5 Å². The van der Waals surface area contributed by atoms with Gasteiger partial charge in [0.1, 0.15) is 22.8 Å². The van der Waals surface area contributed by atoms with Crippen molar-refractivity contribution in [1.29, 1.82) is 0 Å². The van der Waals surface area contributed by atoms with Gasteiger partial charge < -0.3 is 37.6 Å². The Hall–Kier alpha value is -4.10. The van der Waals surface area contributed by atoms with Crippen LogP contribution < -0.4 is 27.1 Å². The number of thiazole rings is 1. The monoisotopic (exact) mass is 666 g/mol. The maximum Gasteiger partial charge on any atom is 0.352 e. The van der Waals surface area contributed by atoms with Gasteiger partial charge in [-0.05, 0) is 37.6 Å². The third-order valence-corrected chi connectivity index (χ3v) is 9.65. The molecule has 19 heteroatoms. The van der Waals surface area contributed by atoms with Gasteiger partial charge in [-0.3, -0.25) is 14.5 Å². The minimum absolute atomic E-state index is 0.0171. The molecule has 2 aliphatic rings. The molecule has 16 nitrogen and oxygen atoms in total. The van der Waals surface area contributed by atoms with Crippen LogP contribution in [0.1, 0.15) is 39.3 Å². The summed E-state index contributed by atoms with van der Waals surface area (Å²) in [6.07, 6.45) is 1.79. The Bertz CT molecular complexity index is 1560. The van der Waals surface area contributed by atoms with Crippen LogP contribution in [0.25, 0.3) is 0 Å². The fraction of sp³-hybridized carbons (Fsp3) is 0.440. The van der Waals surface area contributed by atoms with Crippen LogP contribution in [-0.2, 0) is 30.6 Å². The summed E-state index contributed by atoms with van der Waals surface area (Å²) in [6.45, 7) is 5.15. The summed E-state index contributed by atoms with van der Waals surface area (Å²) in [6, 6.07) is 0.477. The molecule has 1 saturated heterocycles. The number of rotatable bonds is 13. The number of nitrogens with two attached hydrogens (primary N) is 3. The molecule has 9 N–H and O–H groups in total. The second kappa shape index (κ2) is 13.3. The molecule has 0 aliphatic carbocycles. The van der Waals surface area contributed by atoms with Gasteiger partial charge in [0.2, 0.25) is 17.2 Å². The fourth-order valence-electron chi connectivity index (χ4n) is 4.15.